The van der Waals surface area contributed by atoms with Crippen LogP contribution in [-0.2, 0) is 4.79 Å². The zero-order valence-electron chi connectivity index (χ0n) is 15.5. The van der Waals surface area contributed by atoms with Crippen molar-refractivity contribution < 1.29 is 24.6 Å². The molecule has 10 nitrogen and oxygen atoms in total. The number of carboxylic acid groups (broad SMARTS) is 1. The number of benzene rings is 2. The summed E-state index contributed by atoms with van der Waals surface area (Å²) >= 11 is 0. The highest BCUT2D eigenvalue weighted by molar-refractivity contribution is 5.97. The Morgan fingerprint density at radius 3 is 2.17 bits per heavy atom. The topological polar surface area (TPSA) is 166 Å². The third-order valence-electron chi connectivity index (χ3n) is 3.69. The molecule has 0 spiro atoms. The average molecular weight is 399 g/mol. The van der Waals surface area contributed by atoms with Crippen molar-refractivity contribution in [2.75, 3.05) is 19.6 Å². The van der Waals surface area contributed by atoms with E-state index in [-0.39, 0.29) is 43.3 Å². The molecule has 0 saturated heterocycles. The summed E-state index contributed by atoms with van der Waals surface area (Å²) in [7, 11) is 0. The van der Waals surface area contributed by atoms with E-state index in [0.717, 1.165) is 0 Å². The lowest BCUT2D eigenvalue weighted by Crippen LogP contribution is -2.28. The molecule has 29 heavy (non-hydrogen) atoms. The van der Waals surface area contributed by atoms with Gasteiger partial charge in [0.1, 0.15) is 5.75 Å². The number of nitrogens with zero attached hydrogens (tertiary/aromatic N) is 2. The van der Waals surface area contributed by atoms with E-state index < -0.39 is 11.9 Å². The van der Waals surface area contributed by atoms with Crippen LogP contribution in [0.5, 0.6) is 5.75 Å². The lowest BCUT2D eigenvalue weighted by Gasteiger charge is -2.06. The Labute approximate surface area is 166 Å². The van der Waals surface area contributed by atoms with Crippen molar-refractivity contribution in [3.05, 3.63) is 53.6 Å². The van der Waals surface area contributed by atoms with Crippen molar-refractivity contribution in [2.45, 2.75) is 6.42 Å². The second kappa shape index (κ2) is 10.5. The van der Waals surface area contributed by atoms with Crippen LogP contribution in [0.3, 0.4) is 0 Å². The summed E-state index contributed by atoms with van der Waals surface area (Å²) in [5.41, 5.74) is 6.58. The van der Waals surface area contributed by atoms with Crippen LogP contribution in [0, 0.1) is 0 Å². The Hall–Kier alpha value is -3.79. The molecule has 0 bridgehead atoms. The van der Waals surface area contributed by atoms with E-state index in [1.807, 2.05) is 0 Å². The molecule has 0 aliphatic rings. The van der Waals surface area contributed by atoms with Crippen LogP contribution in [0.15, 0.2) is 52.7 Å². The number of hydrogen-bond donors (Lipinski definition) is 5. The molecule has 2 amide bonds. The molecule has 6 N–H and O–H groups in total. The maximum Gasteiger partial charge on any atom is 0.305 e. The molecular weight excluding hydrogens is 378 g/mol. The number of aliphatic carboxylic acids is 1. The van der Waals surface area contributed by atoms with Gasteiger partial charge in [-0.15, -0.1) is 0 Å². The van der Waals surface area contributed by atoms with Gasteiger partial charge in [0.2, 0.25) is 0 Å². The fourth-order valence-electron chi connectivity index (χ4n) is 2.23. The fraction of sp³-hybridized carbons (Fsp3) is 0.211. The highest BCUT2D eigenvalue weighted by atomic mass is 16.4. The van der Waals surface area contributed by atoms with Crippen molar-refractivity contribution in [1.29, 1.82) is 0 Å². The molecule has 0 radical (unpaired) electrons. The van der Waals surface area contributed by atoms with E-state index >= 15 is 0 Å². The molecule has 10 heteroatoms. The minimum Gasteiger partial charge on any atom is -0.507 e. The molecule has 0 atom stereocenters. The molecule has 0 aliphatic carbocycles. The first-order valence-electron chi connectivity index (χ1n) is 8.74. The predicted octanol–water partition coefficient (Wildman–Crippen LogP) is 1.70. The van der Waals surface area contributed by atoms with E-state index in [1.165, 1.54) is 30.3 Å². The summed E-state index contributed by atoms with van der Waals surface area (Å²) in [5.74, 6) is -2.03. The highest BCUT2D eigenvalue weighted by Crippen LogP contribution is 2.25. The van der Waals surface area contributed by atoms with Gasteiger partial charge in [0, 0.05) is 25.2 Å². The molecule has 2 rings (SSSR count). The molecule has 0 aromatic heterocycles. The maximum absolute atomic E-state index is 12.0. The molecule has 0 fully saturated rings. The van der Waals surface area contributed by atoms with E-state index in [2.05, 4.69) is 20.9 Å². The lowest BCUT2D eigenvalue weighted by molar-refractivity contribution is -0.136. The summed E-state index contributed by atoms with van der Waals surface area (Å²) in [4.78, 5) is 34.4. The van der Waals surface area contributed by atoms with E-state index in [9.17, 15) is 19.5 Å². The van der Waals surface area contributed by atoms with Crippen LogP contribution in [-0.4, -0.2) is 47.6 Å². The predicted molar refractivity (Wildman–Crippen MR) is 105 cm³/mol. The van der Waals surface area contributed by atoms with E-state index in [1.54, 1.807) is 12.1 Å². The van der Waals surface area contributed by atoms with Crippen LogP contribution < -0.4 is 16.4 Å². The third-order valence-corrected chi connectivity index (χ3v) is 3.69. The Kier molecular flexibility index (Phi) is 7.80. The molecular formula is C19H21N5O5. The van der Waals surface area contributed by atoms with Gasteiger partial charge < -0.3 is 26.6 Å². The van der Waals surface area contributed by atoms with Crippen LogP contribution in [0.25, 0.3) is 0 Å². The molecule has 152 valence electrons. The number of carbonyl (C=O) groups is 3. The number of hydrogen-bond acceptors (Lipinski definition) is 7. The Bertz CT molecular complexity index is 912. The van der Waals surface area contributed by atoms with E-state index in [4.69, 9.17) is 10.8 Å². The number of amides is 2. The quantitative estimate of drug-likeness (QED) is 0.402. The van der Waals surface area contributed by atoms with Crippen LogP contribution in [0.1, 0.15) is 27.1 Å². The van der Waals surface area contributed by atoms with Crippen molar-refractivity contribution >= 4 is 29.2 Å². The monoisotopic (exact) mass is 399 g/mol. The van der Waals surface area contributed by atoms with Gasteiger partial charge in [-0.25, -0.2) is 0 Å². The summed E-state index contributed by atoms with van der Waals surface area (Å²) in [6.45, 7) is 0.595. The van der Waals surface area contributed by atoms with Crippen molar-refractivity contribution in [3.8, 4) is 5.75 Å². The Morgan fingerprint density at radius 1 is 0.897 bits per heavy atom. The van der Waals surface area contributed by atoms with Crippen molar-refractivity contribution in [3.63, 3.8) is 0 Å². The van der Waals surface area contributed by atoms with Gasteiger partial charge in [-0.1, -0.05) is 0 Å². The second-order valence-electron chi connectivity index (χ2n) is 5.89. The SMILES string of the molecule is NCCNC(=O)c1cc(N=Nc2ccc(C(=O)NCCC(=O)O)cc2)ccc1O. The third kappa shape index (κ3) is 6.70. The Balaban J connectivity index is 2.03. The van der Waals surface area contributed by atoms with Crippen LogP contribution in [0.2, 0.25) is 0 Å². The first kappa shape index (κ1) is 21.5. The van der Waals surface area contributed by atoms with Crippen molar-refractivity contribution in [2.24, 2.45) is 16.0 Å². The summed E-state index contributed by atoms with van der Waals surface area (Å²) in [6.07, 6.45) is -0.156. The smallest absolute Gasteiger partial charge is 0.305 e. The first-order chi connectivity index (χ1) is 13.9. The van der Waals surface area contributed by atoms with E-state index in [0.29, 0.717) is 16.9 Å². The number of phenolic OH excluding ortho intramolecular Hbond substituents is 1. The molecule has 0 heterocycles. The molecule has 2 aromatic rings. The molecule has 0 aliphatic heterocycles. The summed E-state index contributed by atoms with van der Waals surface area (Å²) in [5, 5.41) is 31.5. The standard InChI is InChI=1S/C19H21N5O5/c20-8-10-22-19(29)15-11-14(5-6-16(15)25)24-23-13-3-1-12(2-4-13)18(28)21-9-7-17(26)27/h1-6,11,25H,7-10,20H2,(H,21,28)(H,22,29)(H,26,27). The zero-order chi connectivity index (χ0) is 21.2. The summed E-state index contributed by atoms with van der Waals surface area (Å²) in [6, 6.07) is 10.5. The minimum atomic E-state index is -0.990. The fourth-order valence-corrected chi connectivity index (χ4v) is 2.23. The average Bonchev–Trinajstić information content (AvgIpc) is 2.71. The molecule has 2 aromatic carbocycles. The molecule has 0 saturated carbocycles. The number of phenols is 1. The number of nitrogens with two attached hydrogens (primary N) is 1. The summed E-state index contributed by atoms with van der Waals surface area (Å²) < 4.78 is 0. The van der Waals surface area contributed by atoms with Gasteiger partial charge in [-0.2, -0.15) is 10.2 Å². The largest absolute Gasteiger partial charge is 0.507 e. The number of nitrogens with one attached hydrogen (secondary N) is 2. The van der Waals surface area contributed by atoms with Gasteiger partial charge in [0.15, 0.2) is 0 Å². The normalized spacial score (nSPS) is 10.7. The van der Waals surface area contributed by atoms with Gasteiger partial charge in [-0.05, 0) is 42.5 Å². The molecule has 0 unspecified atom stereocenters. The van der Waals surface area contributed by atoms with Gasteiger partial charge in [-0.3, -0.25) is 14.4 Å². The second-order valence-corrected chi connectivity index (χ2v) is 5.89. The number of rotatable bonds is 9. The van der Waals surface area contributed by atoms with Crippen LogP contribution >= 0.6 is 0 Å². The van der Waals surface area contributed by atoms with Gasteiger partial charge in [0.05, 0.1) is 23.4 Å². The number of carbonyl (C=O) groups excluding carboxylic acids is 2. The van der Waals surface area contributed by atoms with Crippen molar-refractivity contribution in [1.82, 2.24) is 10.6 Å². The van der Waals surface area contributed by atoms with Gasteiger partial charge >= 0.3 is 5.97 Å². The maximum atomic E-state index is 12.0. The lowest BCUT2D eigenvalue weighted by atomic mass is 10.1. The minimum absolute atomic E-state index is 0.0394. The van der Waals surface area contributed by atoms with Gasteiger partial charge in [0.25, 0.3) is 11.8 Å². The number of aromatic hydroxyl groups is 1. The number of azo groups is 1. The first-order valence-corrected chi connectivity index (χ1v) is 8.74. The Morgan fingerprint density at radius 2 is 1.52 bits per heavy atom. The highest BCUT2D eigenvalue weighted by Gasteiger charge is 2.11. The van der Waals surface area contributed by atoms with Crippen LogP contribution in [0.4, 0.5) is 11.4 Å². The zero-order valence-corrected chi connectivity index (χ0v) is 15.5. The number of carboxylic acids is 1.